The number of aromatic nitrogens is 4. The fraction of sp³-hybridized carbons (Fsp3) is 0.455. The van der Waals surface area contributed by atoms with Crippen LogP contribution >= 0.6 is 0 Å². The lowest BCUT2D eigenvalue weighted by atomic mass is 10.0. The van der Waals surface area contributed by atoms with Crippen molar-refractivity contribution in [3.8, 4) is 11.5 Å². The van der Waals surface area contributed by atoms with Gasteiger partial charge in [-0.3, -0.25) is 4.79 Å². The maximum atomic E-state index is 10.6. The molecule has 0 fully saturated rings. The van der Waals surface area contributed by atoms with Crippen LogP contribution in [0.15, 0.2) is 17.0 Å². The highest BCUT2D eigenvalue weighted by molar-refractivity contribution is 5.66. The largest absolute Gasteiger partial charge is 0.481 e. The Hall–Kier alpha value is -2.18. The van der Waals surface area contributed by atoms with Crippen molar-refractivity contribution in [1.29, 1.82) is 0 Å². The molecule has 0 aromatic carbocycles. The van der Waals surface area contributed by atoms with E-state index >= 15 is 0 Å². The highest BCUT2D eigenvalue weighted by atomic mass is 16.5. The van der Waals surface area contributed by atoms with Crippen molar-refractivity contribution in [3.05, 3.63) is 18.4 Å². The molecule has 0 amide bonds. The van der Waals surface area contributed by atoms with Crippen molar-refractivity contribution in [1.82, 2.24) is 19.7 Å². The highest BCUT2D eigenvalue weighted by Gasteiger charge is 2.15. The summed E-state index contributed by atoms with van der Waals surface area (Å²) in [7, 11) is 1.84. The van der Waals surface area contributed by atoms with E-state index in [2.05, 4.69) is 15.1 Å². The average molecular weight is 250 g/mol. The fourth-order valence-corrected chi connectivity index (χ4v) is 1.68. The zero-order chi connectivity index (χ0) is 13.1. The van der Waals surface area contributed by atoms with Crippen LogP contribution in [0.4, 0.5) is 0 Å². The normalized spacial score (nSPS) is 12.6. The molecule has 0 radical (unpaired) electrons. The summed E-state index contributed by atoms with van der Waals surface area (Å²) in [5, 5.41) is 12.5. The second kappa shape index (κ2) is 4.99. The van der Waals surface area contributed by atoms with Crippen molar-refractivity contribution < 1.29 is 14.4 Å². The van der Waals surface area contributed by atoms with Gasteiger partial charge >= 0.3 is 5.97 Å². The third kappa shape index (κ3) is 2.73. The van der Waals surface area contributed by atoms with Crippen molar-refractivity contribution in [2.24, 2.45) is 13.0 Å². The van der Waals surface area contributed by atoms with Crippen molar-refractivity contribution >= 4 is 5.97 Å². The van der Waals surface area contributed by atoms with Gasteiger partial charge in [0, 0.05) is 19.9 Å². The van der Waals surface area contributed by atoms with Crippen LogP contribution in [-0.2, 0) is 18.3 Å². The lowest BCUT2D eigenvalue weighted by Gasteiger charge is -2.03. The average Bonchev–Trinajstić information content (AvgIpc) is 2.85. The highest BCUT2D eigenvalue weighted by Crippen LogP contribution is 2.16. The van der Waals surface area contributed by atoms with E-state index < -0.39 is 5.97 Å². The van der Waals surface area contributed by atoms with Gasteiger partial charge in [0.2, 0.25) is 11.7 Å². The third-order valence-corrected chi connectivity index (χ3v) is 2.56. The summed E-state index contributed by atoms with van der Waals surface area (Å²) < 4.78 is 6.89. The maximum Gasteiger partial charge on any atom is 0.303 e. The first-order valence-electron chi connectivity index (χ1n) is 5.57. The molecule has 7 heteroatoms. The van der Waals surface area contributed by atoms with Crippen LogP contribution in [0.5, 0.6) is 0 Å². The number of hydrogen-bond donors (Lipinski definition) is 1. The summed E-state index contributed by atoms with van der Waals surface area (Å²) in [6, 6.07) is 0. The number of carboxylic acid groups (broad SMARTS) is 1. The maximum absolute atomic E-state index is 10.6. The van der Waals surface area contributed by atoms with Gasteiger partial charge in [0.15, 0.2) is 0 Å². The van der Waals surface area contributed by atoms with Crippen LogP contribution in [0.25, 0.3) is 11.5 Å². The smallest absolute Gasteiger partial charge is 0.303 e. The van der Waals surface area contributed by atoms with E-state index in [1.165, 1.54) is 0 Å². The molecule has 18 heavy (non-hydrogen) atoms. The van der Waals surface area contributed by atoms with Crippen LogP contribution in [0.3, 0.4) is 0 Å². The third-order valence-electron chi connectivity index (χ3n) is 2.56. The van der Waals surface area contributed by atoms with Gasteiger partial charge in [-0.15, -0.1) is 0 Å². The molecule has 0 spiro atoms. The number of aliphatic carboxylic acids is 1. The van der Waals surface area contributed by atoms with Gasteiger partial charge in [-0.1, -0.05) is 12.1 Å². The molecule has 1 atom stereocenters. The summed E-state index contributed by atoms with van der Waals surface area (Å²) in [6.45, 7) is 1.84. The van der Waals surface area contributed by atoms with Crippen molar-refractivity contribution in [2.45, 2.75) is 19.8 Å². The van der Waals surface area contributed by atoms with E-state index in [1.54, 1.807) is 17.1 Å². The predicted molar refractivity (Wildman–Crippen MR) is 61.6 cm³/mol. The van der Waals surface area contributed by atoms with Gasteiger partial charge in [-0.25, -0.2) is 4.98 Å². The molecule has 0 saturated heterocycles. The molecule has 1 N–H and O–H groups in total. The number of aryl methyl sites for hydroxylation is 1. The lowest BCUT2D eigenvalue weighted by Crippen LogP contribution is -2.07. The second-order valence-electron chi connectivity index (χ2n) is 4.31. The molecule has 0 aliphatic heterocycles. The first kappa shape index (κ1) is 12.3. The van der Waals surface area contributed by atoms with Gasteiger partial charge < -0.3 is 14.2 Å². The Morgan fingerprint density at radius 2 is 2.39 bits per heavy atom. The van der Waals surface area contributed by atoms with Gasteiger partial charge in [-0.05, 0) is 5.92 Å². The van der Waals surface area contributed by atoms with Crippen molar-refractivity contribution in [3.63, 3.8) is 0 Å². The number of carboxylic acids is 1. The Morgan fingerprint density at radius 3 is 3.00 bits per heavy atom. The number of hydrogen-bond acceptors (Lipinski definition) is 5. The second-order valence-corrected chi connectivity index (χ2v) is 4.31. The summed E-state index contributed by atoms with van der Waals surface area (Å²) >= 11 is 0. The summed E-state index contributed by atoms with van der Waals surface area (Å²) in [5.41, 5.74) is 0.760. The fourth-order valence-electron chi connectivity index (χ4n) is 1.68. The Balaban J connectivity index is 2.07. The molecule has 1 unspecified atom stereocenters. The SMILES string of the molecule is CC(CC(=O)O)Cc1nc(-c2cncn2C)no1. The zero-order valence-corrected chi connectivity index (χ0v) is 10.2. The number of nitrogens with zero attached hydrogens (tertiary/aromatic N) is 4. The molecule has 96 valence electrons. The molecular weight excluding hydrogens is 236 g/mol. The monoisotopic (exact) mass is 250 g/mol. The standard InChI is InChI=1S/C11H14N4O3/c1-7(4-10(16)17)3-9-13-11(14-18-9)8-5-12-6-15(8)2/h5-7H,3-4H2,1-2H3,(H,16,17). The molecule has 2 rings (SSSR count). The van der Waals surface area contributed by atoms with E-state index in [0.29, 0.717) is 18.1 Å². The number of rotatable bonds is 5. The minimum absolute atomic E-state index is 0.0395. The topological polar surface area (TPSA) is 94.0 Å². The molecule has 7 nitrogen and oxygen atoms in total. The van der Waals surface area contributed by atoms with Gasteiger partial charge in [0.1, 0.15) is 5.69 Å². The van der Waals surface area contributed by atoms with Gasteiger partial charge in [0.05, 0.1) is 12.5 Å². The Bertz CT molecular complexity index is 546. The molecule has 2 heterocycles. The lowest BCUT2D eigenvalue weighted by molar-refractivity contribution is -0.137. The first-order chi connectivity index (χ1) is 8.56. The van der Waals surface area contributed by atoms with Crippen LogP contribution in [0, 0.1) is 5.92 Å². The van der Waals surface area contributed by atoms with E-state index in [9.17, 15) is 4.79 Å². The summed E-state index contributed by atoms with van der Waals surface area (Å²) in [5.74, 6) is 0.0451. The van der Waals surface area contributed by atoms with Gasteiger partial charge in [0.25, 0.3) is 0 Å². The summed E-state index contributed by atoms with van der Waals surface area (Å²) in [4.78, 5) is 18.8. The molecule has 0 bridgehead atoms. The summed E-state index contributed by atoms with van der Waals surface area (Å²) in [6.07, 6.45) is 3.84. The van der Waals surface area contributed by atoms with Gasteiger partial charge in [-0.2, -0.15) is 4.98 Å². The van der Waals surface area contributed by atoms with Crippen LogP contribution < -0.4 is 0 Å². The Kier molecular flexibility index (Phi) is 3.40. The molecular formula is C11H14N4O3. The number of imidazole rings is 1. The molecule has 0 aliphatic rings. The molecule has 0 aliphatic carbocycles. The molecule has 2 aromatic heterocycles. The van der Waals surface area contributed by atoms with Crippen LogP contribution in [0.2, 0.25) is 0 Å². The Labute approximate surface area is 103 Å². The number of carbonyl (C=O) groups is 1. The van der Waals surface area contributed by atoms with E-state index in [-0.39, 0.29) is 12.3 Å². The van der Waals surface area contributed by atoms with Crippen molar-refractivity contribution in [2.75, 3.05) is 0 Å². The first-order valence-corrected chi connectivity index (χ1v) is 5.57. The van der Waals surface area contributed by atoms with Crippen LogP contribution in [0.1, 0.15) is 19.2 Å². The quantitative estimate of drug-likeness (QED) is 0.854. The Morgan fingerprint density at radius 1 is 1.61 bits per heavy atom. The van der Waals surface area contributed by atoms with E-state index in [0.717, 1.165) is 5.69 Å². The van der Waals surface area contributed by atoms with E-state index in [4.69, 9.17) is 9.63 Å². The minimum atomic E-state index is -0.825. The predicted octanol–water partition coefficient (Wildman–Crippen LogP) is 1.12. The molecule has 2 aromatic rings. The minimum Gasteiger partial charge on any atom is -0.481 e. The van der Waals surface area contributed by atoms with E-state index in [1.807, 2.05) is 14.0 Å². The molecule has 0 saturated carbocycles. The zero-order valence-electron chi connectivity index (χ0n) is 10.2. The van der Waals surface area contributed by atoms with Crippen LogP contribution in [-0.4, -0.2) is 30.8 Å².